The van der Waals surface area contributed by atoms with Crippen molar-refractivity contribution in [3.05, 3.63) is 47.2 Å². The van der Waals surface area contributed by atoms with Crippen LogP contribution in [0.4, 0.5) is 8.78 Å². The standard InChI is InChI=1S/C23H23F2N3O3/c1-22(2)14-7-8-23(22,21(30)28-10-12(11-28)20(29)31-3)19-13(14)9-17(26-27-19)18-15(24)5-4-6-16(18)25/h4-6,9,12,14H,7-8,10-11H2,1-3H3/t14?,23-/m1/s1. The van der Waals surface area contributed by atoms with E-state index in [0.717, 1.165) is 12.0 Å². The summed E-state index contributed by atoms with van der Waals surface area (Å²) in [7, 11) is 1.34. The number of amides is 1. The zero-order valence-corrected chi connectivity index (χ0v) is 17.6. The fourth-order valence-electron chi connectivity index (χ4n) is 5.89. The van der Waals surface area contributed by atoms with Crippen LogP contribution < -0.4 is 0 Å². The maximum absolute atomic E-state index is 14.3. The van der Waals surface area contributed by atoms with Crippen molar-refractivity contribution in [2.75, 3.05) is 20.2 Å². The number of halogens is 2. The van der Waals surface area contributed by atoms with Crippen LogP contribution in [0.3, 0.4) is 0 Å². The smallest absolute Gasteiger partial charge is 0.312 e. The van der Waals surface area contributed by atoms with Crippen LogP contribution in [0.25, 0.3) is 11.3 Å². The Bertz CT molecular complexity index is 1090. The van der Waals surface area contributed by atoms with Gasteiger partial charge in [-0.2, -0.15) is 5.10 Å². The van der Waals surface area contributed by atoms with Gasteiger partial charge < -0.3 is 9.64 Å². The van der Waals surface area contributed by atoms with Crippen LogP contribution in [0.1, 0.15) is 43.9 Å². The van der Waals surface area contributed by atoms with Crippen LogP contribution in [-0.2, 0) is 19.7 Å². The van der Waals surface area contributed by atoms with Gasteiger partial charge in [-0.3, -0.25) is 9.59 Å². The zero-order valence-electron chi connectivity index (χ0n) is 17.6. The largest absolute Gasteiger partial charge is 0.469 e. The molecule has 5 rings (SSSR count). The normalized spacial score (nSPS) is 25.8. The predicted octanol–water partition coefficient (Wildman–Crippen LogP) is 3.21. The molecule has 2 heterocycles. The molecule has 2 bridgehead atoms. The molecule has 3 aliphatic rings. The Labute approximate surface area is 178 Å². The molecule has 2 aromatic rings. The quantitative estimate of drug-likeness (QED) is 0.704. The van der Waals surface area contributed by atoms with Gasteiger partial charge >= 0.3 is 5.97 Å². The molecule has 1 aromatic carbocycles. The fourth-order valence-corrected chi connectivity index (χ4v) is 5.89. The molecule has 0 spiro atoms. The number of hydrogen-bond donors (Lipinski definition) is 0. The topological polar surface area (TPSA) is 72.4 Å². The lowest BCUT2D eigenvalue weighted by atomic mass is 9.67. The van der Waals surface area contributed by atoms with Crippen molar-refractivity contribution in [2.45, 2.75) is 38.0 Å². The average molecular weight is 427 g/mol. The maximum atomic E-state index is 14.3. The first-order valence-electron chi connectivity index (χ1n) is 10.4. The van der Waals surface area contributed by atoms with Crippen LogP contribution in [-0.4, -0.2) is 47.2 Å². The second-order valence-electron chi connectivity index (χ2n) is 9.28. The molecule has 0 N–H and O–H groups in total. The Hall–Kier alpha value is -2.90. The molecule has 0 radical (unpaired) electrons. The molecular weight excluding hydrogens is 404 g/mol. The number of likely N-dealkylation sites (tertiary alicyclic amines) is 1. The predicted molar refractivity (Wildman–Crippen MR) is 107 cm³/mol. The first-order valence-corrected chi connectivity index (χ1v) is 10.4. The number of esters is 1. The first kappa shape index (κ1) is 20.0. The highest BCUT2D eigenvalue weighted by Crippen LogP contribution is 2.68. The molecule has 162 valence electrons. The minimum atomic E-state index is -0.854. The molecule has 8 heteroatoms. The van der Waals surface area contributed by atoms with E-state index in [1.165, 1.54) is 25.3 Å². The number of methoxy groups -OCH3 is 1. The molecule has 2 atom stereocenters. The highest BCUT2D eigenvalue weighted by Gasteiger charge is 2.68. The van der Waals surface area contributed by atoms with E-state index in [1.807, 2.05) is 13.8 Å². The lowest BCUT2D eigenvalue weighted by Gasteiger charge is -2.45. The highest BCUT2D eigenvalue weighted by atomic mass is 19.1. The number of carbonyl (C=O) groups excluding carboxylic acids is 2. The van der Waals surface area contributed by atoms with E-state index in [2.05, 4.69) is 10.2 Å². The van der Waals surface area contributed by atoms with Crippen LogP contribution in [0.15, 0.2) is 24.3 Å². The van der Waals surface area contributed by atoms with Crippen LogP contribution in [0.2, 0.25) is 0 Å². The summed E-state index contributed by atoms with van der Waals surface area (Å²) in [6, 6.07) is 5.38. The summed E-state index contributed by atoms with van der Waals surface area (Å²) in [6.45, 7) is 4.75. The SMILES string of the molecule is COC(=O)C1CN(C(=O)[C@@]23CCC(c4cc(-c5c(F)cccc5F)nnc42)C3(C)C)C1. The minimum absolute atomic E-state index is 0.0354. The van der Waals surface area contributed by atoms with Gasteiger partial charge in [0.15, 0.2) is 0 Å². The number of hydrogen-bond acceptors (Lipinski definition) is 5. The molecular formula is C23H23F2N3O3. The highest BCUT2D eigenvalue weighted by molar-refractivity contribution is 5.93. The van der Waals surface area contributed by atoms with Gasteiger partial charge in [0.2, 0.25) is 5.91 Å². The van der Waals surface area contributed by atoms with E-state index in [9.17, 15) is 18.4 Å². The molecule has 1 saturated heterocycles. The van der Waals surface area contributed by atoms with E-state index >= 15 is 0 Å². The number of fused-ring (bicyclic) bond motifs is 5. The van der Waals surface area contributed by atoms with Crippen molar-refractivity contribution in [2.24, 2.45) is 11.3 Å². The molecule has 1 amide bonds. The number of rotatable bonds is 3. The van der Waals surface area contributed by atoms with Crippen molar-refractivity contribution in [1.82, 2.24) is 15.1 Å². The van der Waals surface area contributed by atoms with Crippen molar-refractivity contribution < 1.29 is 23.1 Å². The third-order valence-electron chi connectivity index (χ3n) is 7.67. The minimum Gasteiger partial charge on any atom is -0.469 e. The van der Waals surface area contributed by atoms with Gasteiger partial charge in [0.1, 0.15) is 11.6 Å². The average Bonchev–Trinajstić information content (AvgIpc) is 3.08. The lowest BCUT2D eigenvalue weighted by molar-refractivity contribution is -0.159. The van der Waals surface area contributed by atoms with Crippen LogP contribution in [0.5, 0.6) is 0 Å². The molecule has 1 saturated carbocycles. The van der Waals surface area contributed by atoms with Crippen molar-refractivity contribution >= 4 is 11.9 Å². The summed E-state index contributed by atoms with van der Waals surface area (Å²) >= 11 is 0. The first-order chi connectivity index (χ1) is 14.7. The summed E-state index contributed by atoms with van der Waals surface area (Å²) < 4.78 is 33.4. The van der Waals surface area contributed by atoms with Gasteiger partial charge in [-0.05, 0) is 47.9 Å². The number of benzene rings is 1. The van der Waals surface area contributed by atoms with Gasteiger partial charge in [0.25, 0.3) is 0 Å². The summed E-state index contributed by atoms with van der Waals surface area (Å²) in [4.78, 5) is 27.1. The van der Waals surface area contributed by atoms with E-state index in [0.29, 0.717) is 25.2 Å². The van der Waals surface area contributed by atoms with Gasteiger partial charge in [0, 0.05) is 13.1 Å². The number of nitrogens with zero attached hydrogens (tertiary/aromatic N) is 3. The number of ether oxygens (including phenoxy) is 1. The Morgan fingerprint density at radius 1 is 1.16 bits per heavy atom. The molecule has 2 fully saturated rings. The summed E-state index contributed by atoms with van der Waals surface area (Å²) in [6.07, 6.45) is 1.42. The Balaban J connectivity index is 1.55. The van der Waals surface area contributed by atoms with Crippen molar-refractivity contribution in [3.8, 4) is 11.3 Å². The second kappa shape index (κ2) is 6.55. The molecule has 2 aliphatic carbocycles. The number of carbonyl (C=O) groups is 2. The van der Waals surface area contributed by atoms with Gasteiger partial charge in [0.05, 0.1) is 35.4 Å². The second-order valence-corrected chi connectivity index (χ2v) is 9.28. The summed E-state index contributed by atoms with van der Waals surface area (Å²) in [5.41, 5.74) is 0.0810. The molecule has 31 heavy (non-hydrogen) atoms. The summed E-state index contributed by atoms with van der Waals surface area (Å²) in [5, 5.41) is 8.52. The fraction of sp³-hybridized carbons (Fsp3) is 0.478. The van der Waals surface area contributed by atoms with Crippen molar-refractivity contribution in [3.63, 3.8) is 0 Å². The van der Waals surface area contributed by atoms with E-state index in [4.69, 9.17) is 4.74 Å². The number of aromatic nitrogens is 2. The Kier molecular flexibility index (Phi) is 4.23. The monoisotopic (exact) mass is 427 g/mol. The maximum Gasteiger partial charge on any atom is 0.312 e. The van der Waals surface area contributed by atoms with Crippen LogP contribution in [0, 0.1) is 23.0 Å². The van der Waals surface area contributed by atoms with Crippen LogP contribution >= 0.6 is 0 Å². The molecule has 6 nitrogen and oxygen atoms in total. The van der Waals surface area contributed by atoms with Gasteiger partial charge in [-0.15, -0.1) is 5.10 Å². The van der Waals surface area contributed by atoms with Gasteiger partial charge in [-0.1, -0.05) is 19.9 Å². The van der Waals surface area contributed by atoms with E-state index in [1.54, 1.807) is 11.0 Å². The Morgan fingerprint density at radius 3 is 2.48 bits per heavy atom. The third kappa shape index (κ3) is 2.47. The Morgan fingerprint density at radius 2 is 1.84 bits per heavy atom. The summed E-state index contributed by atoms with van der Waals surface area (Å²) in [5.74, 6) is -2.03. The molecule has 1 unspecified atom stereocenters. The van der Waals surface area contributed by atoms with E-state index in [-0.39, 0.29) is 35.0 Å². The third-order valence-corrected chi connectivity index (χ3v) is 7.67. The van der Waals surface area contributed by atoms with E-state index < -0.39 is 22.5 Å². The molecule has 1 aromatic heterocycles. The van der Waals surface area contributed by atoms with Gasteiger partial charge in [-0.25, -0.2) is 8.78 Å². The molecule has 1 aliphatic heterocycles. The van der Waals surface area contributed by atoms with Crippen molar-refractivity contribution in [1.29, 1.82) is 0 Å². The lowest BCUT2D eigenvalue weighted by Crippen LogP contribution is -2.60. The zero-order chi connectivity index (χ0) is 22.1.